The number of rotatable bonds is 3. The second-order valence-electron chi connectivity index (χ2n) is 5.32. The van der Waals surface area contributed by atoms with E-state index in [0.717, 1.165) is 11.8 Å². The predicted octanol–water partition coefficient (Wildman–Crippen LogP) is 3.49. The van der Waals surface area contributed by atoms with Crippen molar-refractivity contribution in [3.8, 4) is 0 Å². The Morgan fingerprint density at radius 1 is 1.47 bits per heavy atom. The number of nitrogens with two attached hydrogens (primary N) is 1. The van der Waals surface area contributed by atoms with Crippen LogP contribution in [-0.2, 0) is 0 Å². The van der Waals surface area contributed by atoms with E-state index in [4.69, 9.17) is 5.73 Å². The van der Waals surface area contributed by atoms with Crippen LogP contribution < -0.4 is 5.73 Å². The molecular weight excluding hydrogens is 296 g/mol. The molecule has 0 radical (unpaired) electrons. The van der Waals surface area contributed by atoms with Crippen LogP contribution in [0.15, 0.2) is 15.9 Å². The first-order chi connectivity index (χ1) is 8.10. The third-order valence-electron chi connectivity index (χ3n) is 3.48. The molecule has 0 aromatic carbocycles. The molecule has 1 aromatic rings. The first-order valence-corrected chi connectivity index (χ1v) is 7.95. The van der Waals surface area contributed by atoms with E-state index in [1.165, 1.54) is 28.9 Å². The number of likely N-dealkylation sites (tertiary alicyclic amines) is 1. The molecule has 0 saturated carbocycles. The Labute approximate surface area is 116 Å². The lowest BCUT2D eigenvalue weighted by molar-refractivity contribution is 0.0999. The summed E-state index contributed by atoms with van der Waals surface area (Å²) in [5.74, 6) is 1.58. The van der Waals surface area contributed by atoms with Gasteiger partial charge in [-0.3, -0.25) is 4.90 Å². The minimum Gasteiger partial charge on any atom is -0.329 e. The van der Waals surface area contributed by atoms with Crippen LogP contribution in [-0.4, -0.2) is 24.5 Å². The number of halogens is 1. The van der Waals surface area contributed by atoms with Crippen molar-refractivity contribution in [1.82, 2.24) is 4.90 Å². The highest BCUT2D eigenvalue weighted by molar-refractivity contribution is 9.10. The van der Waals surface area contributed by atoms with Gasteiger partial charge in [0.15, 0.2) is 0 Å². The number of nitrogens with zero attached hydrogens (tertiary/aromatic N) is 1. The van der Waals surface area contributed by atoms with Gasteiger partial charge < -0.3 is 5.73 Å². The van der Waals surface area contributed by atoms with Crippen molar-refractivity contribution < 1.29 is 0 Å². The average Bonchev–Trinajstić information content (AvgIpc) is 2.64. The fraction of sp³-hybridized carbons (Fsp3) is 0.692. The van der Waals surface area contributed by atoms with E-state index in [9.17, 15) is 0 Å². The number of thiophene rings is 1. The van der Waals surface area contributed by atoms with Crippen LogP contribution in [0.5, 0.6) is 0 Å². The van der Waals surface area contributed by atoms with Gasteiger partial charge in [0.2, 0.25) is 0 Å². The van der Waals surface area contributed by atoms with Crippen LogP contribution in [0.2, 0.25) is 0 Å². The number of hydrogen-bond donors (Lipinski definition) is 1. The molecule has 17 heavy (non-hydrogen) atoms. The summed E-state index contributed by atoms with van der Waals surface area (Å²) in [5.41, 5.74) is 5.99. The molecule has 96 valence electrons. The average molecular weight is 317 g/mol. The molecule has 3 unspecified atom stereocenters. The van der Waals surface area contributed by atoms with Gasteiger partial charge in [0.1, 0.15) is 0 Å². The summed E-state index contributed by atoms with van der Waals surface area (Å²) in [6.45, 7) is 7.77. The summed E-state index contributed by atoms with van der Waals surface area (Å²) in [6, 6.07) is 2.61. The lowest BCUT2D eigenvalue weighted by Crippen LogP contribution is -2.43. The fourth-order valence-electron chi connectivity index (χ4n) is 2.91. The summed E-state index contributed by atoms with van der Waals surface area (Å²) in [4.78, 5) is 3.96. The molecule has 1 aliphatic rings. The van der Waals surface area contributed by atoms with E-state index in [1.807, 2.05) is 11.3 Å². The molecule has 1 aliphatic heterocycles. The van der Waals surface area contributed by atoms with E-state index < -0.39 is 0 Å². The van der Waals surface area contributed by atoms with Gasteiger partial charge >= 0.3 is 0 Å². The molecule has 3 atom stereocenters. The maximum atomic E-state index is 5.99. The van der Waals surface area contributed by atoms with Crippen molar-refractivity contribution in [3.05, 3.63) is 20.8 Å². The molecule has 0 aliphatic carbocycles. The molecular formula is C13H21BrN2S. The van der Waals surface area contributed by atoms with Gasteiger partial charge in [-0.05, 0) is 40.3 Å². The van der Waals surface area contributed by atoms with Crippen LogP contribution in [0, 0.1) is 11.8 Å². The Balaban J connectivity index is 2.12. The summed E-state index contributed by atoms with van der Waals surface area (Å²) in [5, 5.41) is 2.15. The monoisotopic (exact) mass is 316 g/mol. The normalized spacial score (nSPS) is 28.2. The van der Waals surface area contributed by atoms with Crippen molar-refractivity contribution in [2.24, 2.45) is 17.6 Å². The van der Waals surface area contributed by atoms with Crippen LogP contribution in [0.1, 0.15) is 31.2 Å². The van der Waals surface area contributed by atoms with Gasteiger partial charge in [-0.1, -0.05) is 13.8 Å². The molecule has 0 spiro atoms. The van der Waals surface area contributed by atoms with Gasteiger partial charge in [0.25, 0.3) is 0 Å². The third-order valence-corrected chi connectivity index (χ3v) is 5.27. The third kappa shape index (κ3) is 3.31. The Hall–Kier alpha value is 0.1000. The van der Waals surface area contributed by atoms with Gasteiger partial charge in [-0.25, -0.2) is 0 Å². The minimum atomic E-state index is 0.400. The second-order valence-corrected chi connectivity index (χ2v) is 7.18. The molecule has 2 heterocycles. The largest absolute Gasteiger partial charge is 0.329 e. The summed E-state index contributed by atoms with van der Waals surface area (Å²) < 4.78 is 1.18. The number of piperidine rings is 1. The van der Waals surface area contributed by atoms with Gasteiger partial charge in [-0.15, -0.1) is 11.3 Å². The van der Waals surface area contributed by atoms with Gasteiger partial charge in [0.05, 0.1) is 6.04 Å². The molecule has 1 saturated heterocycles. The highest BCUT2D eigenvalue weighted by atomic mass is 79.9. The quantitative estimate of drug-likeness (QED) is 0.925. The van der Waals surface area contributed by atoms with Crippen molar-refractivity contribution in [1.29, 1.82) is 0 Å². The zero-order valence-electron chi connectivity index (χ0n) is 10.5. The van der Waals surface area contributed by atoms with Crippen LogP contribution in [0.4, 0.5) is 0 Å². The van der Waals surface area contributed by atoms with Crippen molar-refractivity contribution in [2.45, 2.75) is 26.3 Å². The fourth-order valence-corrected chi connectivity index (χ4v) is 4.51. The van der Waals surface area contributed by atoms with Gasteiger partial charge in [0, 0.05) is 34.4 Å². The highest BCUT2D eigenvalue weighted by Gasteiger charge is 2.28. The Morgan fingerprint density at radius 2 is 2.12 bits per heavy atom. The molecule has 2 N–H and O–H groups in total. The SMILES string of the molecule is CC1CC(C)CN(C(CN)c2cc(Br)cs2)C1. The molecule has 2 nitrogen and oxygen atoms in total. The second kappa shape index (κ2) is 5.83. The maximum Gasteiger partial charge on any atom is 0.0564 e. The van der Waals surface area contributed by atoms with Crippen molar-refractivity contribution in [3.63, 3.8) is 0 Å². The molecule has 2 rings (SSSR count). The van der Waals surface area contributed by atoms with Crippen molar-refractivity contribution in [2.75, 3.05) is 19.6 Å². The van der Waals surface area contributed by atoms with E-state index in [-0.39, 0.29) is 0 Å². The van der Waals surface area contributed by atoms with Crippen molar-refractivity contribution >= 4 is 27.3 Å². The minimum absolute atomic E-state index is 0.400. The molecule has 0 amide bonds. The van der Waals surface area contributed by atoms with Crippen LogP contribution in [0.3, 0.4) is 0 Å². The zero-order valence-corrected chi connectivity index (χ0v) is 12.9. The summed E-state index contributed by atoms with van der Waals surface area (Å²) >= 11 is 5.34. The summed E-state index contributed by atoms with van der Waals surface area (Å²) in [7, 11) is 0. The van der Waals surface area contributed by atoms with E-state index in [2.05, 4.69) is 46.1 Å². The van der Waals surface area contributed by atoms with E-state index in [0.29, 0.717) is 12.6 Å². The molecule has 1 fully saturated rings. The Morgan fingerprint density at radius 3 is 2.59 bits per heavy atom. The molecule has 0 bridgehead atoms. The first kappa shape index (κ1) is 13.5. The molecule has 1 aromatic heterocycles. The predicted molar refractivity (Wildman–Crippen MR) is 78.3 cm³/mol. The Bertz CT molecular complexity index is 356. The molecule has 4 heteroatoms. The van der Waals surface area contributed by atoms with Crippen LogP contribution >= 0.6 is 27.3 Å². The first-order valence-electron chi connectivity index (χ1n) is 6.28. The highest BCUT2D eigenvalue weighted by Crippen LogP contribution is 2.33. The van der Waals surface area contributed by atoms with Gasteiger partial charge in [-0.2, -0.15) is 0 Å². The topological polar surface area (TPSA) is 29.3 Å². The summed E-state index contributed by atoms with van der Waals surface area (Å²) in [6.07, 6.45) is 1.35. The smallest absolute Gasteiger partial charge is 0.0564 e. The lowest BCUT2D eigenvalue weighted by atomic mass is 9.90. The van der Waals surface area contributed by atoms with E-state index in [1.54, 1.807) is 0 Å². The zero-order chi connectivity index (χ0) is 12.4. The maximum absolute atomic E-state index is 5.99. The Kier molecular flexibility index (Phi) is 4.64. The standard InChI is InChI=1S/C13H21BrN2S/c1-9-3-10(2)7-16(6-9)12(5-15)13-4-11(14)8-17-13/h4,8-10,12H,3,5-7,15H2,1-2H3. The van der Waals surface area contributed by atoms with E-state index >= 15 is 0 Å². The van der Waals surface area contributed by atoms with Crippen LogP contribution in [0.25, 0.3) is 0 Å². The number of hydrogen-bond acceptors (Lipinski definition) is 3. The lowest BCUT2D eigenvalue weighted by Gasteiger charge is -2.39.